The summed E-state index contributed by atoms with van der Waals surface area (Å²) in [5, 5.41) is 22.7. The summed E-state index contributed by atoms with van der Waals surface area (Å²) in [7, 11) is 0. The van der Waals surface area contributed by atoms with Gasteiger partial charge in [-0.25, -0.2) is 0 Å². The summed E-state index contributed by atoms with van der Waals surface area (Å²) in [5.41, 5.74) is 14.7. The first kappa shape index (κ1) is 18.2. The molecule has 1 aromatic rings. The lowest BCUT2D eigenvalue weighted by atomic mass is 10.1. The fourth-order valence-electron chi connectivity index (χ4n) is 1.92. The summed E-state index contributed by atoms with van der Waals surface area (Å²) in [5.74, 6) is -1.80. The number of phenols is 1. The number of aromatic hydroxyl groups is 1. The van der Waals surface area contributed by atoms with Crippen molar-refractivity contribution < 1.29 is 30.5 Å². The van der Waals surface area contributed by atoms with Gasteiger partial charge in [-0.2, -0.15) is 0 Å². The fourth-order valence-corrected chi connectivity index (χ4v) is 1.92. The molecule has 0 fully saturated rings. The molecule has 0 aromatic heterocycles. The number of carbonyl (C=O) groups excluding carboxylic acids is 2. The highest BCUT2D eigenvalue weighted by Crippen LogP contribution is 2.14. The van der Waals surface area contributed by atoms with E-state index in [1.165, 1.54) is 12.1 Å². The second kappa shape index (κ2) is 8.59. The van der Waals surface area contributed by atoms with Crippen LogP contribution < -0.4 is 32.6 Å². The maximum absolute atomic E-state index is 12.1. The minimum absolute atomic E-state index is 0.0455. The lowest BCUT2D eigenvalue weighted by Gasteiger charge is -2.20. The first-order valence-corrected chi connectivity index (χ1v) is 7.06. The fraction of sp³-hybridized carbons (Fsp3) is 0.357. The average molecular weight is 324 g/mol. The Morgan fingerprint density at radius 1 is 1.30 bits per heavy atom. The van der Waals surface area contributed by atoms with Gasteiger partial charge in [0.15, 0.2) is 6.04 Å². The molecule has 126 valence electrons. The van der Waals surface area contributed by atoms with Gasteiger partial charge in [-0.3, -0.25) is 21.3 Å². The molecule has 2 atom stereocenters. The monoisotopic (exact) mass is 324 g/mol. The van der Waals surface area contributed by atoms with Gasteiger partial charge in [0, 0.05) is 5.56 Å². The zero-order chi connectivity index (χ0) is 17.4. The van der Waals surface area contributed by atoms with E-state index < -0.39 is 24.0 Å². The molecule has 1 rings (SSSR count). The van der Waals surface area contributed by atoms with Crippen molar-refractivity contribution in [3.63, 3.8) is 0 Å². The Balaban J connectivity index is 2.61. The van der Waals surface area contributed by atoms with Crippen molar-refractivity contribution in [1.29, 1.82) is 0 Å². The lowest BCUT2D eigenvalue weighted by Crippen LogP contribution is -2.78. The van der Waals surface area contributed by atoms with Gasteiger partial charge < -0.3 is 26.1 Å². The quantitative estimate of drug-likeness (QED) is 0.158. The van der Waals surface area contributed by atoms with Gasteiger partial charge in [0.05, 0.1) is 18.6 Å². The predicted molar refractivity (Wildman–Crippen MR) is 79.1 cm³/mol. The van der Waals surface area contributed by atoms with E-state index in [-0.39, 0.29) is 18.1 Å². The molecule has 0 aliphatic rings. The summed E-state index contributed by atoms with van der Waals surface area (Å²) in [6.45, 7) is 0.383. The van der Waals surface area contributed by atoms with Crippen LogP contribution in [0.3, 0.4) is 0 Å². The van der Waals surface area contributed by atoms with Crippen molar-refractivity contribution in [2.24, 2.45) is 11.5 Å². The highest BCUT2D eigenvalue weighted by atomic mass is 16.4. The Kier molecular flexibility index (Phi) is 6.81. The average Bonchev–Trinajstić information content (AvgIpc) is 2.49. The van der Waals surface area contributed by atoms with Crippen LogP contribution in [0.1, 0.15) is 24.4 Å². The summed E-state index contributed by atoms with van der Waals surface area (Å²) < 4.78 is 0. The molecule has 0 bridgehead atoms. The van der Waals surface area contributed by atoms with E-state index >= 15 is 0 Å². The van der Waals surface area contributed by atoms with Gasteiger partial charge in [-0.05, 0) is 37.1 Å². The highest BCUT2D eigenvalue weighted by Gasteiger charge is 2.23. The number of nitrogens with two attached hydrogens (primary N) is 2. The van der Waals surface area contributed by atoms with Crippen molar-refractivity contribution in [3.8, 4) is 5.75 Å². The number of hydrogen-bond donors (Lipinski definition) is 6. The largest absolute Gasteiger partial charge is 0.548 e. The Hall–Kier alpha value is -2.81. The standard InChI is InChI=1S/C14H21N5O4/c15-11(8-3-5-9(20)6-4-8)12(21)19-10(13(22)23)2-1-7-18-14(16)17/h3-6,10-11,20H,1-2,7,15H2,(H,19,21)(H,22,23)(H4,16,17,18)/p+1/t10-,11-/m0/s1. The molecule has 0 aliphatic heterocycles. The van der Waals surface area contributed by atoms with Crippen LogP contribution in [0.2, 0.25) is 0 Å². The maximum atomic E-state index is 12.1. The van der Waals surface area contributed by atoms with Gasteiger partial charge in [0.2, 0.25) is 0 Å². The third-order valence-electron chi connectivity index (χ3n) is 3.21. The van der Waals surface area contributed by atoms with E-state index in [4.69, 9.17) is 11.5 Å². The van der Waals surface area contributed by atoms with Crippen molar-refractivity contribution in [1.82, 2.24) is 5.32 Å². The molecule has 23 heavy (non-hydrogen) atoms. The molecular weight excluding hydrogens is 302 g/mol. The van der Waals surface area contributed by atoms with Gasteiger partial charge in [-0.15, -0.1) is 0 Å². The highest BCUT2D eigenvalue weighted by molar-refractivity contribution is 5.86. The number of quaternary nitrogens is 1. The number of aliphatic carboxylic acids is 1. The SMILES string of the molecule is NC(N)=[NH+]CCC[C@H](NC(=O)[C@@H]([NH3+])c1ccc(O)cc1)C(=O)[O-]. The van der Waals surface area contributed by atoms with Gasteiger partial charge >= 0.3 is 5.96 Å². The lowest BCUT2D eigenvalue weighted by molar-refractivity contribution is -0.459. The molecule has 0 spiro atoms. The minimum atomic E-state index is -1.37. The minimum Gasteiger partial charge on any atom is -0.548 e. The van der Waals surface area contributed by atoms with Gasteiger partial charge in [0.25, 0.3) is 5.91 Å². The number of carbonyl (C=O) groups is 2. The van der Waals surface area contributed by atoms with E-state index in [0.717, 1.165) is 0 Å². The van der Waals surface area contributed by atoms with Crippen LogP contribution in [-0.4, -0.2) is 35.5 Å². The molecule has 1 aromatic carbocycles. The smallest absolute Gasteiger partial charge is 0.338 e. The number of carboxylic acids is 1. The molecular formula is C14H22N5O4+. The Morgan fingerprint density at radius 2 is 1.91 bits per heavy atom. The predicted octanol–water partition coefficient (Wildman–Crippen LogP) is -4.96. The normalized spacial score (nSPS) is 12.9. The first-order chi connectivity index (χ1) is 10.8. The molecule has 0 saturated heterocycles. The molecule has 9 heteroatoms. The van der Waals surface area contributed by atoms with Crippen LogP contribution in [0.4, 0.5) is 0 Å². The van der Waals surface area contributed by atoms with Crippen molar-refractivity contribution in [3.05, 3.63) is 29.8 Å². The van der Waals surface area contributed by atoms with Crippen molar-refractivity contribution in [2.45, 2.75) is 24.9 Å². The molecule has 0 radical (unpaired) electrons. The van der Waals surface area contributed by atoms with Crippen LogP contribution in [0.15, 0.2) is 24.3 Å². The number of guanidine groups is 1. The summed E-state index contributed by atoms with van der Waals surface area (Å²) in [4.78, 5) is 25.9. The molecule has 0 aliphatic carbocycles. The van der Waals surface area contributed by atoms with E-state index in [1.54, 1.807) is 12.1 Å². The zero-order valence-electron chi connectivity index (χ0n) is 12.6. The first-order valence-electron chi connectivity index (χ1n) is 7.06. The summed E-state index contributed by atoms with van der Waals surface area (Å²) in [6.07, 6.45) is 0.592. The van der Waals surface area contributed by atoms with E-state index in [2.05, 4.69) is 16.0 Å². The van der Waals surface area contributed by atoms with Crippen molar-refractivity contribution >= 4 is 17.8 Å². The van der Waals surface area contributed by atoms with Crippen LogP contribution in [-0.2, 0) is 9.59 Å². The summed E-state index contributed by atoms with van der Waals surface area (Å²) >= 11 is 0. The summed E-state index contributed by atoms with van der Waals surface area (Å²) in [6, 6.07) is 4.01. The van der Waals surface area contributed by atoms with Crippen molar-refractivity contribution in [2.75, 3.05) is 6.54 Å². The Morgan fingerprint density at radius 3 is 2.43 bits per heavy atom. The van der Waals surface area contributed by atoms with E-state index in [1.807, 2.05) is 0 Å². The third-order valence-corrected chi connectivity index (χ3v) is 3.21. The van der Waals surface area contributed by atoms with Crippen LogP contribution in [0.5, 0.6) is 5.75 Å². The topological polar surface area (TPSA) is 183 Å². The second-order valence-corrected chi connectivity index (χ2v) is 5.05. The molecule has 10 N–H and O–H groups in total. The molecule has 0 unspecified atom stereocenters. The Labute approximate surface area is 133 Å². The molecule has 1 amide bonds. The zero-order valence-corrected chi connectivity index (χ0v) is 12.6. The van der Waals surface area contributed by atoms with Crippen LogP contribution in [0, 0.1) is 0 Å². The second-order valence-electron chi connectivity index (χ2n) is 5.05. The number of amides is 1. The number of carboxylic acid groups (broad SMARTS) is 1. The Bertz CT molecular complexity index is 569. The number of rotatable bonds is 8. The number of benzene rings is 1. The molecule has 0 heterocycles. The van der Waals surface area contributed by atoms with Crippen LogP contribution >= 0.6 is 0 Å². The van der Waals surface area contributed by atoms with E-state index in [9.17, 15) is 19.8 Å². The van der Waals surface area contributed by atoms with E-state index in [0.29, 0.717) is 18.5 Å². The van der Waals surface area contributed by atoms with Crippen LogP contribution in [0.25, 0.3) is 0 Å². The third kappa shape index (κ3) is 6.22. The maximum Gasteiger partial charge on any atom is 0.338 e. The molecule has 0 saturated carbocycles. The van der Waals surface area contributed by atoms with Gasteiger partial charge in [0.1, 0.15) is 5.75 Å². The number of phenolic OH excluding ortho intramolecular Hbond substituents is 1. The van der Waals surface area contributed by atoms with Gasteiger partial charge in [-0.1, -0.05) is 0 Å². The molecule has 9 nitrogen and oxygen atoms in total. The number of hydrogen-bond acceptors (Lipinski definition) is 4. The number of nitrogens with one attached hydrogen (secondary N) is 2.